The number of nitrogens with one attached hydrogen (secondary N) is 1. The highest BCUT2D eigenvalue weighted by Gasteiger charge is 2.40. The zero-order valence-corrected chi connectivity index (χ0v) is 27.2. The highest BCUT2D eigenvalue weighted by Crippen LogP contribution is 2.43. The fourth-order valence-electron chi connectivity index (χ4n) is 5.79. The van der Waals surface area contributed by atoms with E-state index in [0.717, 1.165) is 22.4 Å². The van der Waals surface area contributed by atoms with Crippen molar-refractivity contribution in [2.45, 2.75) is 44.3 Å². The second kappa shape index (κ2) is 12.7. The lowest BCUT2D eigenvalue weighted by Gasteiger charge is -2.46. The second-order valence-corrected chi connectivity index (χ2v) is 13.5. The van der Waals surface area contributed by atoms with Crippen molar-refractivity contribution in [3.8, 4) is 5.75 Å². The molecule has 0 fully saturated rings. The quantitative estimate of drug-likeness (QED) is 0.177. The van der Waals surface area contributed by atoms with Gasteiger partial charge in [-0.05, 0) is 84.1 Å². The van der Waals surface area contributed by atoms with Crippen LogP contribution in [0.25, 0.3) is 0 Å². The highest BCUT2D eigenvalue weighted by atomic mass is 32.2. The maximum Gasteiger partial charge on any atom is 0.262 e. The van der Waals surface area contributed by atoms with E-state index in [-0.39, 0.29) is 10.8 Å². The van der Waals surface area contributed by atoms with Crippen LogP contribution in [0.4, 0.5) is 17.1 Å². The predicted molar refractivity (Wildman–Crippen MR) is 184 cm³/mol. The van der Waals surface area contributed by atoms with Gasteiger partial charge in [-0.25, -0.2) is 8.42 Å². The van der Waals surface area contributed by atoms with Gasteiger partial charge in [0.1, 0.15) is 11.9 Å². The first-order valence-electron chi connectivity index (χ1n) is 15.3. The fourth-order valence-corrected chi connectivity index (χ4v) is 6.87. The molecule has 7 nitrogen and oxygen atoms in total. The summed E-state index contributed by atoms with van der Waals surface area (Å²) in [6, 6.07) is 37.8. The van der Waals surface area contributed by atoms with Crippen molar-refractivity contribution in [3.63, 3.8) is 0 Å². The lowest BCUT2D eigenvalue weighted by Crippen LogP contribution is -2.49. The van der Waals surface area contributed by atoms with Gasteiger partial charge in [-0.15, -0.1) is 0 Å². The van der Waals surface area contributed by atoms with Crippen molar-refractivity contribution >= 4 is 33.0 Å². The first kappa shape index (κ1) is 30.9. The molecule has 46 heavy (non-hydrogen) atoms. The number of aryl methyl sites for hydroxylation is 1. The topological polar surface area (TPSA) is 78.9 Å². The number of carbonyl (C=O) groups is 1. The van der Waals surface area contributed by atoms with Crippen molar-refractivity contribution in [2.75, 3.05) is 21.6 Å². The fraction of sp³-hybridized carbons (Fsp3) is 0.184. The Morgan fingerprint density at radius 1 is 0.826 bits per heavy atom. The Morgan fingerprint density at radius 3 is 2.13 bits per heavy atom. The van der Waals surface area contributed by atoms with E-state index in [2.05, 4.69) is 59.9 Å². The van der Waals surface area contributed by atoms with Gasteiger partial charge in [-0.3, -0.25) is 14.4 Å². The second-order valence-electron chi connectivity index (χ2n) is 11.8. The van der Waals surface area contributed by atoms with Crippen LogP contribution in [0.15, 0.2) is 126 Å². The maximum atomic E-state index is 14.6. The van der Waals surface area contributed by atoms with E-state index in [1.807, 2.05) is 49.4 Å². The standard InChI is InChI=1S/C38H37N3O4S/c1-26(2)29-12-14-30(15-13-29)37-40(25-28-8-6-5-7-9-28)36-23-22-34(46(43,44)39-31-16-20-33(45-4)21-17-31)24-35(36)38(42)41(37)32-18-10-27(3)11-19-32/h5-24,26,37,39H,25H2,1-4H3/t37-/m0/s1. The number of fused-ring (bicyclic) bond motifs is 1. The van der Waals surface area contributed by atoms with E-state index in [9.17, 15) is 13.2 Å². The number of amides is 1. The van der Waals surface area contributed by atoms with Crippen LogP contribution in [-0.2, 0) is 16.6 Å². The van der Waals surface area contributed by atoms with Crippen LogP contribution in [0.5, 0.6) is 5.75 Å². The number of benzene rings is 5. The van der Waals surface area contributed by atoms with Crippen molar-refractivity contribution in [3.05, 3.63) is 149 Å². The molecule has 0 bridgehead atoms. The van der Waals surface area contributed by atoms with E-state index >= 15 is 0 Å². The molecular weight excluding hydrogens is 595 g/mol. The molecule has 1 atom stereocenters. The number of ether oxygens (including phenoxy) is 1. The molecule has 0 saturated heterocycles. The summed E-state index contributed by atoms with van der Waals surface area (Å²) in [4.78, 5) is 18.6. The summed E-state index contributed by atoms with van der Waals surface area (Å²) < 4.78 is 35.0. The summed E-state index contributed by atoms with van der Waals surface area (Å²) in [5.74, 6) is 0.705. The molecule has 5 aromatic rings. The number of rotatable bonds is 9. The number of nitrogens with zero attached hydrogens (tertiary/aromatic N) is 2. The van der Waals surface area contributed by atoms with Gasteiger partial charge in [0.2, 0.25) is 0 Å². The van der Waals surface area contributed by atoms with Crippen LogP contribution in [0.2, 0.25) is 0 Å². The molecule has 5 aromatic carbocycles. The Labute approximate surface area is 271 Å². The third-order valence-electron chi connectivity index (χ3n) is 8.33. The molecule has 0 saturated carbocycles. The minimum absolute atomic E-state index is 0.00123. The predicted octanol–water partition coefficient (Wildman–Crippen LogP) is 8.29. The molecule has 0 radical (unpaired) electrons. The van der Waals surface area contributed by atoms with Crippen LogP contribution >= 0.6 is 0 Å². The van der Waals surface area contributed by atoms with Gasteiger partial charge in [0.05, 0.1) is 23.3 Å². The SMILES string of the molecule is COc1ccc(NS(=O)(=O)c2ccc3c(c2)C(=O)N(c2ccc(C)cc2)[C@@H](c2ccc(C(C)C)cc2)N3Cc2ccccc2)cc1. The summed E-state index contributed by atoms with van der Waals surface area (Å²) in [6.07, 6.45) is -0.482. The van der Waals surface area contributed by atoms with Crippen LogP contribution < -0.4 is 19.3 Å². The summed E-state index contributed by atoms with van der Waals surface area (Å²) in [6.45, 7) is 6.82. The molecule has 1 heterocycles. The average molecular weight is 632 g/mol. The van der Waals surface area contributed by atoms with Crippen LogP contribution in [0.1, 0.15) is 58.5 Å². The Hall–Kier alpha value is -5.08. The molecule has 1 aliphatic rings. The smallest absolute Gasteiger partial charge is 0.262 e. The Kier molecular flexibility index (Phi) is 8.56. The number of hydrogen-bond donors (Lipinski definition) is 1. The molecule has 234 valence electrons. The zero-order valence-electron chi connectivity index (χ0n) is 26.3. The van der Waals surface area contributed by atoms with Gasteiger partial charge in [-0.1, -0.05) is 86.1 Å². The van der Waals surface area contributed by atoms with Gasteiger partial charge in [0.25, 0.3) is 15.9 Å². The lowest BCUT2D eigenvalue weighted by molar-refractivity contribution is 0.0968. The number of hydrogen-bond acceptors (Lipinski definition) is 5. The largest absolute Gasteiger partial charge is 0.497 e. The van der Waals surface area contributed by atoms with Gasteiger partial charge < -0.3 is 9.64 Å². The van der Waals surface area contributed by atoms with E-state index in [4.69, 9.17) is 4.74 Å². The summed E-state index contributed by atoms with van der Waals surface area (Å²) in [5, 5.41) is 0. The zero-order chi connectivity index (χ0) is 32.4. The third-order valence-corrected chi connectivity index (χ3v) is 9.71. The third kappa shape index (κ3) is 6.21. The van der Waals surface area contributed by atoms with Gasteiger partial charge in [0.15, 0.2) is 0 Å². The minimum atomic E-state index is -4.01. The van der Waals surface area contributed by atoms with E-state index in [1.165, 1.54) is 11.6 Å². The van der Waals surface area contributed by atoms with Crippen molar-refractivity contribution < 1.29 is 17.9 Å². The van der Waals surface area contributed by atoms with Crippen LogP contribution in [0, 0.1) is 6.92 Å². The first-order chi connectivity index (χ1) is 22.1. The monoisotopic (exact) mass is 631 g/mol. The summed E-state index contributed by atoms with van der Waals surface area (Å²) in [5.41, 5.74) is 6.39. The molecule has 0 aliphatic carbocycles. The normalized spacial score (nSPS) is 14.7. The minimum Gasteiger partial charge on any atom is -0.497 e. The average Bonchev–Trinajstić information content (AvgIpc) is 3.07. The number of sulfonamides is 1. The molecular formula is C38H37N3O4S. The Balaban J connectivity index is 1.50. The molecule has 1 aliphatic heterocycles. The lowest BCUT2D eigenvalue weighted by atomic mass is 9.96. The maximum absolute atomic E-state index is 14.6. The van der Waals surface area contributed by atoms with E-state index in [1.54, 1.807) is 48.4 Å². The van der Waals surface area contributed by atoms with Crippen molar-refractivity contribution in [1.82, 2.24) is 0 Å². The van der Waals surface area contributed by atoms with Crippen LogP contribution in [-0.4, -0.2) is 21.4 Å². The molecule has 8 heteroatoms. The highest BCUT2D eigenvalue weighted by molar-refractivity contribution is 7.92. The van der Waals surface area contributed by atoms with Gasteiger partial charge >= 0.3 is 0 Å². The number of methoxy groups -OCH3 is 1. The number of anilines is 3. The molecule has 0 spiro atoms. The molecule has 6 rings (SSSR count). The molecule has 1 amide bonds. The first-order valence-corrected chi connectivity index (χ1v) is 16.7. The van der Waals surface area contributed by atoms with Crippen molar-refractivity contribution in [1.29, 1.82) is 0 Å². The van der Waals surface area contributed by atoms with E-state index in [0.29, 0.717) is 35.2 Å². The molecule has 0 aromatic heterocycles. The van der Waals surface area contributed by atoms with Crippen molar-refractivity contribution in [2.24, 2.45) is 0 Å². The summed E-state index contributed by atoms with van der Waals surface area (Å²) in [7, 11) is -2.46. The Bertz CT molecular complexity index is 1940. The molecule has 0 unspecified atom stereocenters. The van der Waals surface area contributed by atoms with Gasteiger partial charge in [-0.2, -0.15) is 0 Å². The van der Waals surface area contributed by atoms with Gasteiger partial charge in [0, 0.05) is 17.9 Å². The molecule has 1 N–H and O–H groups in total. The Morgan fingerprint density at radius 2 is 1.50 bits per heavy atom. The summed E-state index contributed by atoms with van der Waals surface area (Å²) >= 11 is 0. The van der Waals surface area contributed by atoms with E-state index < -0.39 is 16.2 Å². The number of carbonyl (C=O) groups excluding carboxylic acids is 1. The van der Waals surface area contributed by atoms with Crippen LogP contribution in [0.3, 0.4) is 0 Å².